The van der Waals surface area contributed by atoms with Crippen molar-refractivity contribution < 1.29 is 13.6 Å². The van der Waals surface area contributed by atoms with E-state index >= 15 is 0 Å². The van der Waals surface area contributed by atoms with Crippen LogP contribution in [0.5, 0.6) is 0 Å². The van der Waals surface area contributed by atoms with Crippen molar-refractivity contribution in [3.8, 4) is 11.5 Å². The molecule has 0 radical (unpaired) electrons. The number of hydrogen-bond donors (Lipinski definition) is 0. The smallest absolute Gasteiger partial charge is 0.227 e. The zero-order chi connectivity index (χ0) is 13.3. The highest BCUT2D eigenvalue weighted by molar-refractivity contribution is 6.31. The van der Waals surface area contributed by atoms with Gasteiger partial charge in [-0.25, -0.2) is 9.37 Å². The summed E-state index contributed by atoms with van der Waals surface area (Å²) in [6.45, 7) is 3.80. The zero-order valence-corrected chi connectivity index (χ0v) is 10.7. The van der Waals surface area contributed by atoms with E-state index in [1.54, 1.807) is 0 Å². The van der Waals surface area contributed by atoms with Gasteiger partial charge >= 0.3 is 0 Å². The molecule has 0 aliphatic rings. The lowest BCUT2D eigenvalue weighted by Crippen LogP contribution is -1.90. The van der Waals surface area contributed by atoms with E-state index in [9.17, 15) is 9.18 Å². The maximum Gasteiger partial charge on any atom is 0.227 e. The summed E-state index contributed by atoms with van der Waals surface area (Å²) < 4.78 is 18.6. The fourth-order valence-corrected chi connectivity index (χ4v) is 1.77. The van der Waals surface area contributed by atoms with Gasteiger partial charge in [-0.15, -0.1) is 0 Å². The third kappa shape index (κ3) is 2.29. The summed E-state index contributed by atoms with van der Waals surface area (Å²) in [5.41, 5.74) is 0.803. The number of halogens is 2. The number of aromatic nitrogens is 1. The molecule has 0 atom stereocenters. The van der Waals surface area contributed by atoms with Crippen LogP contribution in [0.15, 0.2) is 22.6 Å². The third-order valence-electron chi connectivity index (χ3n) is 2.48. The number of carbonyl (C=O) groups is 1. The lowest BCUT2D eigenvalue weighted by molar-refractivity contribution is 0.111. The van der Waals surface area contributed by atoms with Crippen molar-refractivity contribution in [2.75, 3.05) is 0 Å². The molecule has 1 heterocycles. The summed E-state index contributed by atoms with van der Waals surface area (Å²) in [4.78, 5) is 15.0. The summed E-state index contributed by atoms with van der Waals surface area (Å²) in [7, 11) is 0. The van der Waals surface area contributed by atoms with Crippen molar-refractivity contribution in [1.29, 1.82) is 0 Å². The van der Waals surface area contributed by atoms with Crippen molar-refractivity contribution in [1.82, 2.24) is 4.98 Å². The van der Waals surface area contributed by atoms with Gasteiger partial charge in [-0.2, -0.15) is 0 Å². The fourth-order valence-electron chi connectivity index (χ4n) is 1.59. The number of aldehydes is 1. The molecule has 0 amide bonds. The second-order valence-corrected chi connectivity index (χ2v) is 4.58. The number of rotatable bonds is 3. The predicted octanol–water partition coefficient (Wildman–Crippen LogP) is 4.07. The van der Waals surface area contributed by atoms with Crippen LogP contribution in [0.1, 0.15) is 36.0 Å². The first-order chi connectivity index (χ1) is 8.52. The molecule has 0 saturated carbocycles. The number of hydrogen-bond acceptors (Lipinski definition) is 3. The van der Waals surface area contributed by atoms with Gasteiger partial charge in [-0.3, -0.25) is 4.79 Å². The Morgan fingerprint density at radius 1 is 1.44 bits per heavy atom. The Hall–Kier alpha value is -1.68. The molecule has 18 heavy (non-hydrogen) atoms. The minimum atomic E-state index is -0.508. The molecule has 0 saturated heterocycles. The monoisotopic (exact) mass is 267 g/mol. The molecule has 0 bridgehead atoms. The average molecular weight is 268 g/mol. The Morgan fingerprint density at radius 2 is 2.17 bits per heavy atom. The van der Waals surface area contributed by atoms with E-state index in [1.165, 1.54) is 18.2 Å². The topological polar surface area (TPSA) is 43.1 Å². The highest BCUT2D eigenvalue weighted by Crippen LogP contribution is 2.28. The van der Waals surface area contributed by atoms with Gasteiger partial charge in [0.15, 0.2) is 6.29 Å². The van der Waals surface area contributed by atoms with Gasteiger partial charge in [0.1, 0.15) is 17.3 Å². The third-order valence-corrected chi connectivity index (χ3v) is 2.77. The van der Waals surface area contributed by atoms with Crippen LogP contribution in [0, 0.1) is 5.82 Å². The first-order valence-electron chi connectivity index (χ1n) is 5.44. The van der Waals surface area contributed by atoms with E-state index in [0.29, 0.717) is 17.6 Å². The van der Waals surface area contributed by atoms with Crippen molar-refractivity contribution in [3.63, 3.8) is 0 Å². The molecule has 0 spiro atoms. The van der Waals surface area contributed by atoms with Crippen LogP contribution in [-0.4, -0.2) is 11.3 Å². The zero-order valence-electron chi connectivity index (χ0n) is 9.91. The summed E-state index contributed by atoms with van der Waals surface area (Å²) >= 11 is 5.69. The maximum atomic E-state index is 13.1. The van der Waals surface area contributed by atoms with Gasteiger partial charge < -0.3 is 4.42 Å². The number of benzene rings is 1. The van der Waals surface area contributed by atoms with Crippen LogP contribution in [-0.2, 0) is 0 Å². The molecule has 1 aromatic carbocycles. The Morgan fingerprint density at radius 3 is 2.67 bits per heavy atom. The van der Waals surface area contributed by atoms with Gasteiger partial charge in [-0.05, 0) is 18.2 Å². The highest BCUT2D eigenvalue weighted by atomic mass is 35.5. The van der Waals surface area contributed by atoms with Crippen molar-refractivity contribution in [2.24, 2.45) is 0 Å². The minimum absolute atomic E-state index is 0.00977. The summed E-state index contributed by atoms with van der Waals surface area (Å²) in [5, 5.41) is -0.00977. The number of nitrogens with zero attached hydrogens (tertiary/aromatic N) is 1. The molecular weight excluding hydrogens is 257 g/mol. The molecule has 3 nitrogen and oxygen atoms in total. The van der Waals surface area contributed by atoms with Crippen LogP contribution < -0.4 is 0 Å². The maximum absolute atomic E-state index is 13.1. The highest BCUT2D eigenvalue weighted by Gasteiger charge is 2.17. The predicted molar refractivity (Wildman–Crippen MR) is 66.4 cm³/mol. The van der Waals surface area contributed by atoms with Crippen molar-refractivity contribution in [3.05, 3.63) is 40.5 Å². The Kier molecular flexibility index (Phi) is 3.48. The van der Waals surface area contributed by atoms with Gasteiger partial charge in [0.2, 0.25) is 5.89 Å². The summed E-state index contributed by atoms with van der Waals surface area (Å²) in [6.07, 6.45) is 0.646. The van der Waals surface area contributed by atoms with Crippen molar-refractivity contribution >= 4 is 17.9 Å². The van der Waals surface area contributed by atoms with Gasteiger partial charge in [0.05, 0.1) is 5.02 Å². The fraction of sp³-hybridized carbons (Fsp3) is 0.231. The van der Waals surface area contributed by atoms with E-state index < -0.39 is 5.82 Å². The van der Waals surface area contributed by atoms with E-state index in [2.05, 4.69) is 4.98 Å². The van der Waals surface area contributed by atoms with E-state index in [1.807, 2.05) is 13.8 Å². The normalized spacial score (nSPS) is 10.9. The molecule has 2 aromatic rings. The van der Waals surface area contributed by atoms with Crippen molar-refractivity contribution in [2.45, 2.75) is 19.8 Å². The van der Waals surface area contributed by atoms with E-state index in [-0.39, 0.29) is 22.5 Å². The minimum Gasteiger partial charge on any atom is -0.440 e. The molecule has 0 fully saturated rings. The van der Waals surface area contributed by atoms with E-state index in [0.717, 1.165) is 0 Å². The van der Waals surface area contributed by atoms with Crippen LogP contribution in [0.4, 0.5) is 4.39 Å². The first-order valence-corrected chi connectivity index (χ1v) is 5.82. The lowest BCUT2D eigenvalue weighted by Gasteiger charge is -1.99. The van der Waals surface area contributed by atoms with Gasteiger partial charge in [0.25, 0.3) is 0 Å². The second-order valence-electron chi connectivity index (χ2n) is 4.17. The Bertz CT molecular complexity index is 593. The summed E-state index contributed by atoms with van der Waals surface area (Å²) in [6, 6.07) is 4.16. The Labute approximate surface area is 109 Å². The number of oxazole rings is 1. The molecule has 5 heteroatoms. The molecule has 0 aliphatic carbocycles. The van der Waals surface area contributed by atoms with Crippen LogP contribution in [0.2, 0.25) is 5.02 Å². The molecule has 0 N–H and O–H groups in total. The van der Waals surface area contributed by atoms with Crippen LogP contribution >= 0.6 is 11.6 Å². The SMILES string of the molecule is CC(C)c1oc(-c2ccc(F)c(Cl)c2)nc1C=O. The van der Waals surface area contributed by atoms with Gasteiger partial charge in [-0.1, -0.05) is 25.4 Å². The molecular formula is C13H11ClFNO2. The molecule has 0 aliphatic heterocycles. The second kappa shape index (κ2) is 4.90. The molecule has 0 unspecified atom stereocenters. The number of carbonyl (C=O) groups excluding carboxylic acids is 1. The average Bonchev–Trinajstić information content (AvgIpc) is 2.77. The standard InChI is InChI=1S/C13H11ClFNO2/c1-7(2)12-11(6-17)16-13(18-12)8-3-4-10(15)9(14)5-8/h3-7H,1-2H3. The molecule has 94 valence electrons. The van der Waals surface area contributed by atoms with Gasteiger partial charge in [0, 0.05) is 11.5 Å². The first kappa shape index (κ1) is 12.8. The van der Waals surface area contributed by atoms with Crippen LogP contribution in [0.3, 0.4) is 0 Å². The molecule has 1 aromatic heterocycles. The largest absolute Gasteiger partial charge is 0.440 e. The summed E-state index contributed by atoms with van der Waals surface area (Å²) in [5.74, 6) is 0.317. The Balaban J connectivity index is 2.50. The van der Waals surface area contributed by atoms with E-state index in [4.69, 9.17) is 16.0 Å². The quantitative estimate of drug-likeness (QED) is 0.787. The molecule has 2 rings (SSSR count). The van der Waals surface area contributed by atoms with Crippen LogP contribution in [0.25, 0.3) is 11.5 Å². The lowest BCUT2D eigenvalue weighted by atomic mass is 10.1.